The highest BCUT2D eigenvalue weighted by molar-refractivity contribution is 5.69. The molecule has 2 rings (SSSR count). The van der Waals surface area contributed by atoms with Crippen molar-refractivity contribution in [2.24, 2.45) is 14.1 Å². The quantitative estimate of drug-likeness (QED) is 0.744. The summed E-state index contributed by atoms with van der Waals surface area (Å²) in [4.78, 5) is 31.0. The molecule has 0 aromatic carbocycles. The monoisotopic (exact) mass is 323 g/mol. The highest BCUT2D eigenvalue weighted by Crippen LogP contribution is 2.03. The summed E-state index contributed by atoms with van der Waals surface area (Å²) >= 11 is 0. The average molecular weight is 323 g/mol. The Morgan fingerprint density at radius 2 is 2.00 bits per heavy atom. The van der Waals surface area contributed by atoms with Crippen LogP contribution in [-0.4, -0.2) is 54.9 Å². The van der Waals surface area contributed by atoms with E-state index in [1.807, 2.05) is 7.05 Å². The van der Waals surface area contributed by atoms with E-state index in [4.69, 9.17) is 0 Å². The van der Waals surface area contributed by atoms with Gasteiger partial charge in [-0.1, -0.05) is 0 Å². The molecule has 128 valence electrons. The Bertz CT molecular complexity index is 787. The van der Waals surface area contributed by atoms with Crippen molar-refractivity contribution >= 4 is 11.2 Å². The molecule has 0 bridgehead atoms. The minimum Gasteiger partial charge on any atom is -0.393 e. The topological polar surface area (TPSA) is 85.3 Å². The third-order valence-corrected chi connectivity index (χ3v) is 4.05. The maximum absolute atomic E-state index is 12.5. The SMILES string of the molecule is CC(O)CCN(C)CCCn1c(=O)c2c(ncn2C)n(C)c1=O. The van der Waals surface area contributed by atoms with E-state index in [1.165, 1.54) is 9.13 Å². The molecule has 0 radical (unpaired) electrons. The Labute approximate surface area is 134 Å². The third-order valence-electron chi connectivity index (χ3n) is 4.05. The lowest BCUT2D eigenvalue weighted by Crippen LogP contribution is -2.40. The summed E-state index contributed by atoms with van der Waals surface area (Å²) in [5.74, 6) is 0. The molecule has 8 nitrogen and oxygen atoms in total. The number of nitrogens with zero attached hydrogens (tertiary/aromatic N) is 5. The second-order valence-corrected chi connectivity index (χ2v) is 6.12. The van der Waals surface area contributed by atoms with E-state index < -0.39 is 0 Å². The van der Waals surface area contributed by atoms with Crippen LogP contribution in [0.4, 0.5) is 0 Å². The van der Waals surface area contributed by atoms with Crippen LogP contribution in [-0.2, 0) is 20.6 Å². The van der Waals surface area contributed by atoms with Gasteiger partial charge >= 0.3 is 5.69 Å². The molecule has 0 aliphatic rings. The van der Waals surface area contributed by atoms with Crippen LogP contribution >= 0.6 is 0 Å². The first-order valence-electron chi connectivity index (χ1n) is 7.80. The summed E-state index contributed by atoms with van der Waals surface area (Å²) in [5.41, 5.74) is 0.213. The van der Waals surface area contributed by atoms with Crippen molar-refractivity contribution in [3.8, 4) is 0 Å². The summed E-state index contributed by atoms with van der Waals surface area (Å²) in [5, 5.41) is 9.29. The Balaban J connectivity index is 2.13. The van der Waals surface area contributed by atoms with Gasteiger partial charge in [0.2, 0.25) is 0 Å². The minimum atomic E-state index is -0.340. The molecule has 0 saturated carbocycles. The maximum atomic E-state index is 12.5. The van der Waals surface area contributed by atoms with Crippen molar-refractivity contribution in [2.75, 3.05) is 20.1 Å². The van der Waals surface area contributed by atoms with Gasteiger partial charge in [-0.3, -0.25) is 13.9 Å². The summed E-state index contributed by atoms with van der Waals surface area (Å²) in [6, 6.07) is 0. The zero-order chi connectivity index (χ0) is 17.1. The first kappa shape index (κ1) is 17.4. The predicted molar refractivity (Wildman–Crippen MR) is 88.6 cm³/mol. The molecular formula is C15H25N5O3. The first-order chi connectivity index (χ1) is 10.8. The van der Waals surface area contributed by atoms with E-state index in [-0.39, 0.29) is 17.4 Å². The van der Waals surface area contributed by atoms with Crippen molar-refractivity contribution in [2.45, 2.75) is 32.4 Å². The third kappa shape index (κ3) is 3.70. The molecule has 0 amide bonds. The molecule has 1 atom stereocenters. The van der Waals surface area contributed by atoms with Crippen molar-refractivity contribution in [1.29, 1.82) is 0 Å². The van der Waals surface area contributed by atoms with Crippen LogP contribution in [0.3, 0.4) is 0 Å². The molecule has 0 aliphatic heterocycles. The van der Waals surface area contributed by atoms with Crippen molar-refractivity contribution in [3.05, 3.63) is 27.2 Å². The van der Waals surface area contributed by atoms with E-state index >= 15 is 0 Å². The zero-order valence-corrected chi connectivity index (χ0v) is 14.2. The number of aromatic nitrogens is 4. The van der Waals surface area contributed by atoms with Crippen LogP contribution in [0, 0.1) is 0 Å². The number of imidazole rings is 1. The van der Waals surface area contributed by atoms with Gasteiger partial charge in [0.05, 0.1) is 12.4 Å². The van der Waals surface area contributed by atoms with Gasteiger partial charge in [0, 0.05) is 27.2 Å². The number of fused-ring (bicyclic) bond motifs is 1. The average Bonchev–Trinajstić information content (AvgIpc) is 2.88. The Morgan fingerprint density at radius 1 is 1.30 bits per heavy atom. The largest absolute Gasteiger partial charge is 0.393 e. The predicted octanol–water partition coefficient (Wildman–Crippen LogP) is -0.473. The van der Waals surface area contributed by atoms with Crippen LogP contribution in [0.25, 0.3) is 11.2 Å². The molecule has 23 heavy (non-hydrogen) atoms. The fraction of sp³-hybridized carbons (Fsp3) is 0.667. The normalized spacial score (nSPS) is 13.1. The van der Waals surface area contributed by atoms with Crippen molar-refractivity contribution in [3.63, 3.8) is 0 Å². The van der Waals surface area contributed by atoms with Crippen LogP contribution in [0.15, 0.2) is 15.9 Å². The molecule has 0 fully saturated rings. The van der Waals surface area contributed by atoms with Crippen LogP contribution in [0.2, 0.25) is 0 Å². The highest BCUT2D eigenvalue weighted by Gasteiger charge is 2.14. The van der Waals surface area contributed by atoms with Crippen molar-refractivity contribution < 1.29 is 5.11 Å². The Morgan fingerprint density at radius 3 is 2.65 bits per heavy atom. The van der Waals surface area contributed by atoms with Gasteiger partial charge in [0.15, 0.2) is 11.2 Å². The van der Waals surface area contributed by atoms with E-state index in [0.717, 1.165) is 13.1 Å². The Kier molecular flexibility index (Phi) is 5.38. The maximum Gasteiger partial charge on any atom is 0.332 e. The summed E-state index contributed by atoms with van der Waals surface area (Å²) in [6.45, 7) is 3.67. The molecule has 0 spiro atoms. The number of hydrogen-bond acceptors (Lipinski definition) is 5. The van der Waals surface area contributed by atoms with Gasteiger partial charge in [-0.2, -0.15) is 0 Å². The number of rotatable bonds is 7. The van der Waals surface area contributed by atoms with Gasteiger partial charge < -0.3 is 14.6 Å². The molecule has 1 unspecified atom stereocenters. The van der Waals surface area contributed by atoms with Crippen LogP contribution < -0.4 is 11.2 Å². The number of aliphatic hydroxyl groups excluding tert-OH is 1. The standard InChI is InChI=1S/C15H25N5O3/c1-11(21)6-9-17(2)7-5-8-20-14(22)12-13(16-10-18(12)3)19(4)15(20)23/h10-11,21H,5-9H2,1-4H3. The molecular weight excluding hydrogens is 298 g/mol. The molecule has 2 heterocycles. The zero-order valence-electron chi connectivity index (χ0n) is 14.2. The second-order valence-electron chi connectivity index (χ2n) is 6.12. The van der Waals surface area contributed by atoms with E-state index in [9.17, 15) is 14.7 Å². The lowest BCUT2D eigenvalue weighted by molar-refractivity contribution is 0.163. The summed E-state index contributed by atoms with van der Waals surface area (Å²) < 4.78 is 4.32. The fourth-order valence-electron chi connectivity index (χ4n) is 2.61. The smallest absolute Gasteiger partial charge is 0.332 e. The van der Waals surface area contributed by atoms with Gasteiger partial charge in [-0.15, -0.1) is 0 Å². The minimum absolute atomic E-state index is 0.297. The number of hydrogen-bond donors (Lipinski definition) is 1. The van der Waals surface area contributed by atoms with Crippen LogP contribution in [0.5, 0.6) is 0 Å². The molecule has 1 N–H and O–H groups in total. The molecule has 0 saturated heterocycles. The van der Waals surface area contributed by atoms with Gasteiger partial charge in [-0.25, -0.2) is 9.78 Å². The number of aryl methyl sites for hydroxylation is 2. The lowest BCUT2D eigenvalue weighted by Gasteiger charge is -2.17. The first-order valence-corrected chi connectivity index (χ1v) is 7.80. The molecule has 8 heteroatoms. The van der Waals surface area contributed by atoms with Gasteiger partial charge in [0.1, 0.15) is 0 Å². The summed E-state index contributed by atoms with van der Waals surface area (Å²) in [7, 11) is 5.34. The van der Waals surface area contributed by atoms with E-state index in [1.54, 1.807) is 31.9 Å². The Hall–Kier alpha value is -1.93. The van der Waals surface area contributed by atoms with Gasteiger partial charge in [0.25, 0.3) is 5.56 Å². The fourth-order valence-corrected chi connectivity index (χ4v) is 2.61. The number of aliphatic hydroxyl groups is 1. The molecule has 2 aromatic heterocycles. The van der Waals surface area contributed by atoms with E-state index in [0.29, 0.717) is 30.6 Å². The summed E-state index contributed by atoms with van der Waals surface area (Å²) in [6.07, 6.45) is 2.62. The van der Waals surface area contributed by atoms with E-state index in [2.05, 4.69) is 9.88 Å². The lowest BCUT2D eigenvalue weighted by atomic mass is 10.2. The van der Waals surface area contributed by atoms with Gasteiger partial charge in [-0.05, 0) is 33.4 Å². The van der Waals surface area contributed by atoms with Crippen molar-refractivity contribution in [1.82, 2.24) is 23.6 Å². The second kappa shape index (κ2) is 7.10. The molecule has 0 aliphatic carbocycles. The molecule has 2 aromatic rings. The van der Waals surface area contributed by atoms with Crippen LogP contribution in [0.1, 0.15) is 19.8 Å². The highest BCUT2D eigenvalue weighted by atomic mass is 16.3.